The molecule has 0 amide bonds. The number of halogens is 2. The predicted octanol–water partition coefficient (Wildman–Crippen LogP) is 2.93. The number of nitrogens with zero attached hydrogens (tertiary/aromatic N) is 1. The highest BCUT2D eigenvalue weighted by Gasteiger charge is 2.18. The molecule has 0 bridgehead atoms. The number of hydrogen-bond acceptors (Lipinski definition) is 3. The van der Waals surface area contributed by atoms with Crippen LogP contribution in [0.3, 0.4) is 0 Å². The van der Waals surface area contributed by atoms with E-state index < -0.39 is 6.43 Å². The lowest BCUT2D eigenvalue weighted by Crippen LogP contribution is -2.35. The van der Waals surface area contributed by atoms with Crippen LogP contribution in [0.25, 0.3) is 0 Å². The SMILES string of the molecule is CCCNC(CN(C)CC(F)F)c1ccccc1OC. The van der Waals surface area contributed by atoms with Gasteiger partial charge < -0.3 is 10.1 Å². The van der Waals surface area contributed by atoms with Crippen LogP contribution in [0.5, 0.6) is 5.75 Å². The first-order valence-electron chi connectivity index (χ1n) is 6.91. The second-order valence-electron chi connectivity index (χ2n) is 4.86. The van der Waals surface area contributed by atoms with E-state index in [1.165, 1.54) is 0 Å². The van der Waals surface area contributed by atoms with Crippen molar-refractivity contribution < 1.29 is 13.5 Å². The van der Waals surface area contributed by atoms with Gasteiger partial charge in [-0.15, -0.1) is 0 Å². The van der Waals surface area contributed by atoms with Crippen LogP contribution in [0.1, 0.15) is 24.9 Å². The zero-order valence-electron chi connectivity index (χ0n) is 12.4. The molecule has 0 spiro atoms. The van der Waals surface area contributed by atoms with E-state index in [1.54, 1.807) is 19.1 Å². The van der Waals surface area contributed by atoms with Crippen molar-refractivity contribution in [3.63, 3.8) is 0 Å². The van der Waals surface area contributed by atoms with Crippen LogP contribution in [-0.2, 0) is 0 Å². The Labute approximate surface area is 119 Å². The third-order valence-electron chi connectivity index (χ3n) is 3.10. The van der Waals surface area contributed by atoms with Gasteiger partial charge in [-0.1, -0.05) is 25.1 Å². The minimum absolute atomic E-state index is 0.0187. The van der Waals surface area contributed by atoms with E-state index in [2.05, 4.69) is 12.2 Å². The van der Waals surface area contributed by atoms with E-state index in [-0.39, 0.29) is 12.6 Å². The number of likely N-dealkylation sites (N-methyl/N-ethyl adjacent to an activating group) is 1. The monoisotopic (exact) mass is 286 g/mol. The fourth-order valence-corrected chi connectivity index (χ4v) is 2.17. The molecule has 1 aromatic carbocycles. The van der Waals surface area contributed by atoms with Crippen LogP contribution >= 0.6 is 0 Å². The van der Waals surface area contributed by atoms with Crippen LogP contribution in [-0.4, -0.2) is 45.1 Å². The smallest absolute Gasteiger partial charge is 0.251 e. The highest BCUT2D eigenvalue weighted by atomic mass is 19.3. The largest absolute Gasteiger partial charge is 0.496 e. The second-order valence-corrected chi connectivity index (χ2v) is 4.86. The quantitative estimate of drug-likeness (QED) is 0.755. The van der Waals surface area contributed by atoms with Crippen molar-refractivity contribution in [1.82, 2.24) is 10.2 Å². The molecule has 0 heterocycles. The summed E-state index contributed by atoms with van der Waals surface area (Å²) in [7, 11) is 3.33. The highest BCUT2D eigenvalue weighted by Crippen LogP contribution is 2.25. The summed E-state index contributed by atoms with van der Waals surface area (Å²) < 4.78 is 30.3. The normalized spacial score (nSPS) is 12.9. The number of hydrogen-bond donors (Lipinski definition) is 1. The van der Waals surface area contributed by atoms with Gasteiger partial charge in [0.05, 0.1) is 13.7 Å². The van der Waals surface area contributed by atoms with Gasteiger partial charge in [0.1, 0.15) is 5.75 Å². The second kappa shape index (κ2) is 8.87. The molecule has 0 saturated carbocycles. The molecule has 0 aliphatic carbocycles. The van der Waals surface area contributed by atoms with Gasteiger partial charge in [0.25, 0.3) is 6.43 Å². The Kier molecular flexibility index (Phi) is 7.47. The topological polar surface area (TPSA) is 24.5 Å². The molecule has 0 aliphatic rings. The zero-order chi connectivity index (χ0) is 15.0. The molecule has 0 saturated heterocycles. The van der Waals surface area contributed by atoms with E-state index in [0.717, 1.165) is 24.3 Å². The van der Waals surface area contributed by atoms with Gasteiger partial charge in [0.15, 0.2) is 0 Å². The van der Waals surface area contributed by atoms with Gasteiger partial charge in [-0.2, -0.15) is 0 Å². The molecule has 0 radical (unpaired) electrons. The number of alkyl halides is 2. The lowest BCUT2D eigenvalue weighted by Gasteiger charge is -2.26. The van der Waals surface area contributed by atoms with E-state index in [1.807, 2.05) is 24.3 Å². The van der Waals surface area contributed by atoms with Crippen molar-refractivity contribution in [2.75, 3.05) is 33.8 Å². The van der Waals surface area contributed by atoms with Crippen molar-refractivity contribution >= 4 is 0 Å². The molecule has 1 N–H and O–H groups in total. The highest BCUT2D eigenvalue weighted by molar-refractivity contribution is 5.36. The maximum Gasteiger partial charge on any atom is 0.251 e. The van der Waals surface area contributed by atoms with Crippen LogP contribution < -0.4 is 10.1 Å². The molecular formula is C15H24F2N2O. The van der Waals surface area contributed by atoms with Crippen LogP contribution in [0.4, 0.5) is 8.78 Å². The Morgan fingerprint density at radius 1 is 1.25 bits per heavy atom. The lowest BCUT2D eigenvalue weighted by molar-refractivity contribution is 0.0957. The molecule has 3 nitrogen and oxygen atoms in total. The van der Waals surface area contributed by atoms with Crippen LogP contribution in [0, 0.1) is 0 Å². The van der Waals surface area contributed by atoms with Gasteiger partial charge in [-0.3, -0.25) is 4.90 Å². The molecule has 0 aromatic heterocycles. The van der Waals surface area contributed by atoms with Crippen molar-refractivity contribution in [2.24, 2.45) is 0 Å². The Morgan fingerprint density at radius 3 is 2.55 bits per heavy atom. The summed E-state index contributed by atoms with van der Waals surface area (Å²) in [5.41, 5.74) is 1.00. The number of rotatable bonds is 9. The number of para-hydroxylation sites is 1. The zero-order valence-corrected chi connectivity index (χ0v) is 12.4. The summed E-state index contributed by atoms with van der Waals surface area (Å²) in [6.07, 6.45) is -1.32. The molecular weight excluding hydrogens is 262 g/mol. The maximum absolute atomic E-state index is 12.4. The van der Waals surface area contributed by atoms with Crippen molar-refractivity contribution in [3.8, 4) is 5.75 Å². The first kappa shape index (κ1) is 16.9. The lowest BCUT2D eigenvalue weighted by atomic mass is 10.0. The molecule has 0 aliphatic heterocycles. The maximum atomic E-state index is 12.4. The minimum atomic E-state index is -2.32. The summed E-state index contributed by atoms with van der Waals surface area (Å²) in [6, 6.07) is 7.69. The third-order valence-corrected chi connectivity index (χ3v) is 3.10. The molecule has 1 aromatic rings. The van der Waals surface area contributed by atoms with E-state index in [4.69, 9.17) is 4.74 Å². The number of ether oxygens (including phenoxy) is 1. The molecule has 1 atom stereocenters. The minimum Gasteiger partial charge on any atom is -0.496 e. The van der Waals surface area contributed by atoms with Gasteiger partial charge in [-0.05, 0) is 26.1 Å². The van der Waals surface area contributed by atoms with Crippen molar-refractivity contribution in [1.29, 1.82) is 0 Å². The first-order valence-corrected chi connectivity index (χ1v) is 6.91. The Morgan fingerprint density at radius 2 is 1.95 bits per heavy atom. The number of nitrogens with one attached hydrogen (secondary N) is 1. The van der Waals surface area contributed by atoms with Gasteiger partial charge in [0.2, 0.25) is 0 Å². The van der Waals surface area contributed by atoms with Gasteiger partial charge >= 0.3 is 0 Å². The number of methoxy groups -OCH3 is 1. The third kappa shape index (κ3) is 5.43. The molecule has 1 unspecified atom stereocenters. The average Bonchev–Trinajstić information content (AvgIpc) is 2.42. The average molecular weight is 286 g/mol. The Bertz CT molecular complexity index is 388. The van der Waals surface area contributed by atoms with Crippen molar-refractivity contribution in [2.45, 2.75) is 25.8 Å². The summed E-state index contributed by atoms with van der Waals surface area (Å²) >= 11 is 0. The summed E-state index contributed by atoms with van der Waals surface area (Å²) in [5.74, 6) is 0.784. The summed E-state index contributed by atoms with van der Waals surface area (Å²) in [5, 5.41) is 3.40. The molecule has 114 valence electrons. The summed E-state index contributed by atoms with van der Waals surface area (Å²) in [6.45, 7) is 3.21. The Hall–Kier alpha value is -1.20. The first-order chi connectivity index (χ1) is 9.58. The van der Waals surface area contributed by atoms with Gasteiger partial charge in [0, 0.05) is 18.2 Å². The van der Waals surface area contributed by atoms with E-state index in [0.29, 0.717) is 6.54 Å². The van der Waals surface area contributed by atoms with Crippen molar-refractivity contribution in [3.05, 3.63) is 29.8 Å². The molecule has 0 fully saturated rings. The molecule has 5 heteroatoms. The van der Waals surface area contributed by atoms with Crippen LogP contribution in [0.15, 0.2) is 24.3 Å². The fourth-order valence-electron chi connectivity index (χ4n) is 2.17. The van der Waals surface area contributed by atoms with Crippen LogP contribution in [0.2, 0.25) is 0 Å². The summed E-state index contributed by atoms with van der Waals surface area (Å²) in [4.78, 5) is 1.64. The van der Waals surface area contributed by atoms with E-state index in [9.17, 15) is 8.78 Å². The standard InChI is InChI=1S/C15H24F2N2O/c1-4-9-18-13(10-19(2)11-15(16)17)12-7-5-6-8-14(12)20-3/h5-8,13,15,18H,4,9-11H2,1-3H3. The van der Waals surface area contributed by atoms with Gasteiger partial charge in [-0.25, -0.2) is 8.78 Å². The Balaban J connectivity index is 2.82. The predicted molar refractivity (Wildman–Crippen MR) is 77.5 cm³/mol. The number of benzene rings is 1. The van der Waals surface area contributed by atoms with E-state index >= 15 is 0 Å². The fraction of sp³-hybridized carbons (Fsp3) is 0.600. The molecule has 20 heavy (non-hydrogen) atoms. The molecule has 1 rings (SSSR count).